The Morgan fingerprint density at radius 3 is 2.60 bits per heavy atom. The van der Waals surface area contributed by atoms with E-state index < -0.39 is 16.1 Å². The maximum atomic E-state index is 11.6. The average Bonchev–Trinajstić information content (AvgIpc) is 2.95. The van der Waals surface area contributed by atoms with Gasteiger partial charge >= 0.3 is 5.97 Å². The van der Waals surface area contributed by atoms with Gasteiger partial charge in [0.15, 0.2) is 0 Å². The summed E-state index contributed by atoms with van der Waals surface area (Å²) in [6.45, 7) is 0.366. The molecular formula is C14H15N5O4S2. The number of hydrogen-bond acceptors (Lipinski definition) is 9. The van der Waals surface area contributed by atoms with Crippen LogP contribution in [-0.2, 0) is 19.6 Å². The molecule has 0 aliphatic carbocycles. The highest BCUT2D eigenvalue weighted by Gasteiger charge is 2.27. The summed E-state index contributed by atoms with van der Waals surface area (Å²) >= 11 is 4.27. The van der Waals surface area contributed by atoms with Crippen LogP contribution in [0.5, 0.6) is 0 Å². The van der Waals surface area contributed by atoms with E-state index in [9.17, 15) is 13.2 Å². The molecule has 0 bridgehead atoms. The molecule has 1 atom stereocenters. The molecule has 0 saturated carbocycles. The number of anilines is 3. The molecule has 4 N–H and O–H groups in total. The Balaban J connectivity index is 1.76. The quantitative estimate of drug-likeness (QED) is 0.443. The van der Waals surface area contributed by atoms with E-state index in [1.807, 2.05) is 0 Å². The molecule has 1 saturated heterocycles. The van der Waals surface area contributed by atoms with Gasteiger partial charge in [-0.15, -0.1) is 12.6 Å². The zero-order valence-electron chi connectivity index (χ0n) is 12.8. The summed E-state index contributed by atoms with van der Waals surface area (Å²) in [5.74, 6) is 0.320. The number of nitrogens with two attached hydrogens (primary N) is 1. The zero-order valence-corrected chi connectivity index (χ0v) is 14.5. The second-order valence-corrected chi connectivity index (χ2v) is 7.32. The molecule has 0 amide bonds. The Bertz CT molecular complexity index is 902. The molecule has 1 aromatic heterocycles. The second-order valence-electron chi connectivity index (χ2n) is 5.27. The van der Waals surface area contributed by atoms with Crippen LogP contribution in [0.3, 0.4) is 0 Å². The van der Waals surface area contributed by atoms with E-state index in [0.717, 1.165) is 0 Å². The van der Waals surface area contributed by atoms with Gasteiger partial charge in [-0.2, -0.15) is 4.98 Å². The summed E-state index contributed by atoms with van der Waals surface area (Å²) in [5.41, 5.74) is 0.575. The lowest BCUT2D eigenvalue weighted by Gasteiger charge is -2.13. The van der Waals surface area contributed by atoms with Crippen molar-refractivity contribution in [1.29, 1.82) is 0 Å². The van der Waals surface area contributed by atoms with Gasteiger partial charge in [-0.05, 0) is 24.3 Å². The Labute approximate surface area is 149 Å². The van der Waals surface area contributed by atoms with E-state index in [0.29, 0.717) is 29.4 Å². The number of sulfonamides is 1. The van der Waals surface area contributed by atoms with Gasteiger partial charge in [0.2, 0.25) is 16.0 Å². The lowest BCUT2D eigenvalue weighted by Crippen LogP contribution is -2.25. The number of primary sulfonamides is 1. The Morgan fingerprint density at radius 1 is 1.28 bits per heavy atom. The third-order valence-electron chi connectivity index (χ3n) is 3.45. The summed E-state index contributed by atoms with van der Waals surface area (Å²) in [6.07, 6.45) is 2.04. The van der Waals surface area contributed by atoms with Crippen molar-refractivity contribution in [3.63, 3.8) is 0 Å². The Kier molecular flexibility index (Phi) is 4.79. The van der Waals surface area contributed by atoms with E-state index in [1.54, 1.807) is 12.1 Å². The number of aromatic nitrogens is 2. The first-order valence-electron chi connectivity index (χ1n) is 7.22. The summed E-state index contributed by atoms with van der Waals surface area (Å²) in [4.78, 5) is 20.4. The number of esters is 1. The molecular weight excluding hydrogens is 366 g/mol. The topological polar surface area (TPSA) is 136 Å². The van der Waals surface area contributed by atoms with Gasteiger partial charge in [0, 0.05) is 18.3 Å². The molecule has 1 unspecified atom stereocenters. The van der Waals surface area contributed by atoms with Crippen molar-refractivity contribution in [3.05, 3.63) is 30.5 Å². The number of thiol groups is 1. The Hall–Kier alpha value is -2.37. The molecule has 1 aliphatic rings. The lowest BCUT2D eigenvalue weighted by molar-refractivity contribution is -0.138. The van der Waals surface area contributed by atoms with Gasteiger partial charge in [0.05, 0.1) is 16.4 Å². The van der Waals surface area contributed by atoms with Crippen molar-refractivity contribution in [1.82, 2.24) is 9.97 Å². The summed E-state index contributed by atoms with van der Waals surface area (Å²) < 4.78 is 27.4. The molecule has 0 radical (unpaired) electrons. The zero-order chi connectivity index (χ0) is 18.0. The fraction of sp³-hybridized carbons (Fsp3) is 0.214. The highest BCUT2D eigenvalue weighted by Crippen LogP contribution is 2.23. The number of nitrogens with one attached hydrogen (secondary N) is 2. The van der Waals surface area contributed by atoms with Crippen LogP contribution in [0.15, 0.2) is 40.3 Å². The van der Waals surface area contributed by atoms with Crippen molar-refractivity contribution >= 4 is 46.1 Å². The average molecular weight is 381 g/mol. The van der Waals surface area contributed by atoms with Crippen molar-refractivity contribution < 1.29 is 17.9 Å². The number of nitrogens with zero attached hydrogens (tertiary/aromatic N) is 2. The standard InChI is InChI=1S/C14H15N5O4S2/c15-25(21,22)9-3-1-8(2-4-9)17-14-16-7-11(24)12(19-14)18-10-5-6-23-13(10)20/h1-4,7,10,24H,5-6H2,(H2,15,21,22)(H2,16,17,18,19). The molecule has 1 fully saturated rings. The number of carbonyl (C=O) groups excluding carboxylic acids is 1. The van der Waals surface area contributed by atoms with Gasteiger partial charge in [-0.1, -0.05) is 0 Å². The van der Waals surface area contributed by atoms with Crippen molar-refractivity contribution in [2.24, 2.45) is 5.14 Å². The first-order valence-corrected chi connectivity index (χ1v) is 9.21. The highest BCUT2D eigenvalue weighted by molar-refractivity contribution is 7.89. The fourth-order valence-electron chi connectivity index (χ4n) is 2.19. The van der Waals surface area contributed by atoms with Gasteiger partial charge < -0.3 is 15.4 Å². The lowest BCUT2D eigenvalue weighted by atomic mass is 10.2. The predicted octanol–water partition coefficient (Wildman–Crippen LogP) is 0.884. The van der Waals surface area contributed by atoms with E-state index in [4.69, 9.17) is 9.88 Å². The smallest absolute Gasteiger partial charge is 0.328 e. The van der Waals surface area contributed by atoms with Crippen LogP contribution >= 0.6 is 12.6 Å². The molecule has 0 spiro atoms. The third-order valence-corrected chi connectivity index (χ3v) is 4.71. The van der Waals surface area contributed by atoms with Gasteiger partial charge in [0.25, 0.3) is 0 Å². The molecule has 1 aliphatic heterocycles. The number of rotatable bonds is 5. The van der Waals surface area contributed by atoms with Gasteiger partial charge in [-0.3, -0.25) is 0 Å². The second kappa shape index (κ2) is 6.86. The maximum Gasteiger partial charge on any atom is 0.328 e. The van der Waals surface area contributed by atoms with E-state index >= 15 is 0 Å². The van der Waals surface area contributed by atoms with E-state index in [2.05, 4.69) is 33.2 Å². The first kappa shape index (κ1) is 17.5. The monoisotopic (exact) mass is 381 g/mol. The highest BCUT2D eigenvalue weighted by atomic mass is 32.2. The van der Waals surface area contributed by atoms with Crippen molar-refractivity contribution in [3.8, 4) is 0 Å². The minimum Gasteiger partial charge on any atom is -0.464 e. The van der Waals surface area contributed by atoms with Crippen LogP contribution in [0.25, 0.3) is 0 Å². The van der Waals surface area contributed by atoms with Crippen LogP contribution in [0, 0.1) is 0 Å². The fourth-order valence-corrected chi connectivity index (χ4v) is 2.88. The third kappa shape index (κ3) is 4.18. The molecule has 25 heavy (non-hydrogen) atoms. The summed E-state index contributed by atoms with van der Waals surface area (Å²) in [6, 6.07) is 5.36. The van der Waals surface area contributed by atoms with Gasteiger partial charge in [0.1, 0.15) is 11.9 Å². The number of cyclic esters (lactones) is 1. The number of hydrogen-bond donors (Lipinski definition) is 4. The molecule has 1 aromatic carbocycles. The molecule has 3 rings (SSSR count). The van der Waals surface area contributed by atoms with Crippen molar-refractivity contribution in [2.75, 3.05) is 17.2 Å². The first-order chi connectivity index (χ1) is 11.8. The van der Waals surface area contributed by atoms with Crippen LogP contribution < -0.4 is 15.8 Å². The minimum atomic E-state index is -3.75. The van der Waals surface area contributed by atoms with Crippen LogP contribution in [0.4, 0.5) is 17.5 Å². The molecule has 132 valence electrons. The van der Waals surface area contributed by atoms with Crippen LogP contribution in [0.1, 0.15) is 6.42 Å². The molecule has 2 heterocycles. The van der Waals surface area contributed by atoms with Crippen LogP contribution in [0.2, 0.25) is 0 Å². The minimum absolute atomic E-state index is 0.00627. The number of carbonyl (C=O) groups is 1. The molecule has 11 heteroatoms. The van der Waals surface area contributed by atoms with Crippen LogP contribution in [-0.4, -0.2) is 37.0 Å². The van der Waals surface area contributed by atoms with E-state index in [-0.39, 0.29) is 16.8 Å². The Morgan fingerprint density at radius 2 is 2.00 bits per heavy atom. The van der Waals surface area contributed by atoms with Crippen molar-refractivity contribution in [2.45, 2.75) is 22.3 Å². The number of ether oxygens (including phenoxy) is 1. The number of benzene rings is 1. The maximum absolute atomic E-state index is 11.6. The largest absolute Gasteiger partial charge is 0.464 e. The molecule has 2 aromatic rings. The van der Waals surface area contributed by atoms with E-state index in [1.165, 1.54) is 18.3 Å². The molecule has 9 nitrogen and oxygen atoms in total. The summed E-state index contributed by atoms with van der Waals surface area (Å²) in [7, 11) is -3.75. The predicted molar refractivity (Wildman–Crippen MR) is 93.4 cm³/mol. The normalized spacial score (nSPS) is 17.2. The van der Waals surface area contributed by atoms with Gasteiger partial charge in [-0.25, -0.2) is 23.3 Å². The SMILES string of the molecule is NS(=O)(=O)c1ccc(Nc2ncc(S)c(NC3CCOC3=O)n2)cc1. The summed E-state index contributed by atoms with van der Waals surface area (Å²) in [5, 5.41) is 11.0.